The molecule has 0 saturated heterocycles. The molecule has 0 saturated carbocycles. The van der Waals surface area contributed by atoms with Crippen molar-refractivity contribution in [2.24, 2.45) is 0 Å². The third kappa shape index (κ3) is 2.45. The summed E-state index contributed by atoms with van der Waals surface area (Å²) in [5, 5.41) is 0. The average molecular weight is 215 g/mol. The standard InChI is InChI=1S/C14H14FN/c1-14(15,13-9-5-6-10-16-13)11-12-7-3-2-4-8-12/h2-10H,11H2,1H3. The third-order valence-corrected chi connectivity index (χ3v) is 2.58. The molecule has 0 N–H and O–H groups in total. The second-order valence-corrected chi connectivity index (χ2v) is 4.07. The Morgan fingerprint density at radius 1 is 1.06 bits per heavy atom. The van der Waals surface area contributed by atoms with Crippen LogP contribution in [0.4, 0.5) is 4.39 Å². The van der Waals surface area contributed by atoms with Gasteiger partial charge in [0, 0.05) is 12.6 Å². The first kappa shape index (κ1) is 10.8. The lowest BCUT2D eigenvalue weighted by molar-refractivity contribution is 0.185. The number of rotatable bonds is 3. The predicted octanol–water partition coefficient (Wildman–Crippen LogP) is 3.51. The maximum Gasteiger partial charge on any atom is 0.153 e. The molecule has 0 aliphatic carbocycles. The summed E-state index contributed by atoms with van der Waals surface area (Å²) >= 11 is 0. The van der Waals surface area contributed by atoms with Crippen molar-refractivity contribution in [3.8, 4) is 0 Å². The van der Waals surface area contributed by atoms with Crippen LogP contribution in [0.15, 0.2) is 54.7 Å². The van der Waals surface area contributed by atoms with Gasteiger partial charge >= 0.3 is 0 Å². The highest BCUT2D eigenvalue weighted by molar-refractivity contribution is 5.21. The number of aromatic nitrogens is 1. The predicted molar refractivity (Wildman–Crippen MR) is 62.8 cm³/mol. The van der Waals surface area contributed by atoms with Crippen LogP contribution in [0.1, 0.15) is 18.2 Å². The number of benzene rings is 1. The number of alkyl halides is 1. The van der Waals surface area contributed by atoms with Gasteiger partial charge in [0.15, 0.2) is 5.67 Å². The van der Waals surface area contributed by atoms with Crippen LogP contribution < -0.4 is 0 Å². The smallest absolute Gasteiger partial charge is 0.153 e. The van der Waals surface area contributed by atoms with Crippen molar-refractivity contribution in [2.45, 2.75) is 19.0 Å². The fraction of sp³-hybridized carbons (Fsp3) is 0.214. The molecule has 1 heterocycles. The van der Waals surface area contributed by atoms with Crippen molar-refractivity contribution in [1.82, 2.24) is 4.98 Å². The minimum atomic E-state index is -1.41. The lowest BCUT2D eigenvalue weighted by atomic mass is 9.94. The Kier molecular flexibility index (Phi) is 3.00. The molecule has 2 rings (SSSR count). The number of hydrogen-bond acceptors (Lipinski definition) is 1. The SMILES string of the molecule is CC(F)(Cc1ccccc1)c1ccccn1. The monoisotopic (exact) mass is 215 g/mol. The van der Waals surface area contributed by atoms with E-state index in [0.717, 1.165) is 5.56 Å². The average Bonchev–Trinajstić information content (AvgIpc) is 2.31. The summed E-state index contributed by atoms with van der Waals surface area (Å²) in [6, 6.07) is 15.0. The maximum absolute atomic E-state index is 14.4. The fourth-order valence-electron chi connectivity index (χ4n) is 1.74. The van der Waals surface area contributed by atoms with E-state index in [1.165, 1.54) is 0 Å². The van der Waals surface area contributed by atoms with Gasteiger partial charge in [0.25, 0.3) is 0 Å². The second-order valence-electron chi connectivity index (χ2n) is 4.07. The van der Waals surface area contributed by atoms with Gasteiger partial charge in [-0.3, -0.25) is 4.98 Å². The van der Waals surface area contributed by atoms with Crippen molar-refractivity contribution in [1.29, 1.82) is 0 Å². The van der Waals surface area contributed by atoms with Gasteiger partial charge in [0.05, 0.1) is 5.69 Å². The van der Waals surface area contributed by atoms with Gasteiger partial charge < -0.3 is 0 Å². The van der Waals surface area contributed by atoms with Gasteiger partial charge in [-0.25, -0.2) is 4.39 Å². The molecule has 1 unspecified atom stereocenters. The minimum absolute atomic E-state index is 0.352. The summed E-state index contributed by atoms with van der Waals surface area (Å²) in [5.41, 5.74) is 0.0554. The Hall–Kier alpha value is -1.70. The van der Waals surface area contributed by atoms with Crippen LogP contribution >= 0.6 is 0 Å². The van der Waals surface area contributed by atoms with Crippen molar-refractivity contribution in [3.63, 3.8) is 0 Å². The van der Waals surface area contributed by atoms with E-state index in [1.807, 2.05) is 36.4 Å². The largest absolute Gasteiger partial charge is 0.258 e. The van der Waals surface area contributed by atoms with Crippen molar-refractivity contribution < 1.29 is 4.39 Å². The van der Waals surface area contributed by atoms with E-state index in [0.29, 0.717) is 12.1 Å². The first-order chi connectivity index (χ1) is 7.68. The van der Waals surface area contributed by atoms with Gasteiger partial charge in [0.2, 0.25) is 0 Å². The van der Waals surface area contributed by atoms with Gasteiger partial charge in [-0.1, -0.05) is 36.4 Å². The first-order valence-electron chi connectivity index (χ1n) is 5.33. The molecule has 0 radical (unpaired) electrons. The first-order valence-corrected chi connectivity index (χ1v) is 5.33. The van der Waals surface area contributed by atoms with E-state index in [4.69, 9.17) is 0 Å². The summed E-state index contributed by atoms with van der Waals surface area (Å²) in [7, 11) is 0. The van der Waals surface area contributed by atoms with Crippen LogP contribution in [0.5, 0.6) is 0 Å². The van der Waals surface area contributed by atoms with E-state index >= 15 is 0 Å². The zero-order valence-corrected chi connectivity index (χ0v) is 9.23. The lowest BCUT2D eigenvalue weighted by Gasteiger charge is -2.19. The van der Waals surface area contributed by atoms with Crippen LogP contribution in [-0.4, -0.2) is 4.98 Å². The van der Waals surface area contributed by atoms with E-state index in [2.05, 4.69) is 4.98 Å². The lowest BCUT2D eigenvalue weighted by Crippen LogP contribution is -2.20. The van der Waals surface area contributed by atoms with Crippen LogP contribution in [0.2, 0.25) is 0 Å². The molecule has 0 fully saturated rings. The molecule has 1 aromatic carbocycles. The minimum Gasteiger partial charge on any atom is -0.258 e. The Morgan fingerprint density at radius 3 is 2.38 bits per heavy atom. The molecular weight excluding hydrogens is 201 g/mol. The van der Waals surface area contributed by atoms with E-state index in [-0.39, 0.29) is 0 Å². The molecular formula is C14H14FN. The summed E-state index contributed by atoms with van der Waals surface area (Å²) in [4.78, 5) is 4.07. The highest BCUT2D eigenvalue weighted by atomic mass is 19.1. The highest BCUT2D eigenvalue weighted by Gasteiger charge is 2.27. The van der Waals surface area contributed by atoms with Gasteiger partial charge in [0.1, 0.15) is 0 Å². The summed E-state index contributed by atoms with van der Waals surface area (Å²) in [6.07, 6.45) is 1.98. The molecule has 1 aromatic heterocycles. The second kappa shape index (κ2) is 4.44. The molecule has 1 atom stereocenters. The molecule has 1 nitrogen and oxygen atoms in total. The van der Waals surface area contributed by atoms with Crippen LogP contribution in [0, 0.1) is 0 Å². The maximum atomic E-state index is 14.4. The van der Waals surface area contributed by atoms with Gasteiger partial charge in [-0.2, -0.15) is 0 Å². The van der Waals surface area contributed by atoms with Gasteiger partial charge in [-0.15, -0.1) is 0 Å². The Balaban J connectivity index is 2.21. The van der Waals surface area contributed by atoms with Crippen LogP contribution in [0.25, 0.3) is 0 Å². The number of hydrogen-bond donors (Lipinski definition) is 0. The molecule has 0 spiro atoms. The Morgan fingerprint density at radius 2 is 1.75 bits per heavy atom. The zero-order valence-electron chi connectivity index (χ0n) is 9.23. The molecule has 0 amide bonds. The molecule has 2 heteroatoms. The quantitative estimate of drug-likeness (QED) is 0.763. The topological polar surface area (TPSA) is 12.9 Å². The van der Waals surface area contributed by atoms with Crippen LogP contribution in [0.3, 0.4) is 0 Å². The molecule has 0 aliphatic rings. The van der Waals surface area contributed by atoms with Gasteiger partial charge in [-0.05, 0) is 24.6 Å². The van der Waals surface area contributed by atoms with Crippen LogP contribution in [-0.2, 0) is 12.1 Å². The summed E-state index contributed by atoms with van der Waals surface area (Å²) < 4.78 is 14.4. The molecule has 0 bridgehead atoms. The summed E-state index contributed by atoms with van der Waals surface area (Å²) in [6.45, 7) is 1.57. The van der Waals surface area contributed by atoms with Crippen molar-refractivity contribution in [2.75, 3.05) is 0 Å². The zero-order chi connectivity index (χ0) is 11.4. The Labute approximate surface area is 95.0 Å². The number of nitrogens with zero attached hydrogens (tertiary/aromatic N) is 1. The normalized spacial score (nSPS) is 14.4. The van der Waals surface area contributed by atoms with E-state index < -0.39 is 5.67 Å². The third-order valence-electron chi connectivity index (χ3n) is 2.58. The Bertz CT molecular complexity index is 437. The van der Waals surface area contributed by atoms with E-state index in [1.54, 1.807) is 25.3 Å². The fourth-order valence-corrected chi connectivity index (χ4v) is 1.74. The molecule has 2 aromatic rings. The molecule has 16 heavy (non-hydrogen) atoms. The molecule has 0 aliphatic heterocycles. The van der Waals surface area contributed by atoms with Crippen molar-refractivity contribution in [3.05, 3.63) is 66.0 Å². The highest BCUT2D eigenvalue weighted by Crippen LogP contribution is 2.27. The van der Waals surface area contributed by atoms with E-state index in [9.17, 15) is 4.39 Å². The number of pyridine rings is 1. The molecule has 82 valence electrons. The number of halogens is 1. The summed E-state index contributed by atoms with van der Waals surface area (Å²) in [5.74, 6) is 0. The van der Waals surface area contributed by atoms with Crippen molar-refractivity contribution >= 4 is 0 Å².